The second-order valence-corrected chi connectivity index (χ2v) is 10.8. The first-order valence-electron chi connectivity index (χ1n) is 10.7. The highest BCUT2D eigenvalue weighted by Gasteiger charge is 2.27. The maximum Gasteiger partial charge on any atom is 0.264 e. The Morgan fingerprint density at radius 2 is 1.78 bits per heavy atom. The van der Waals surface area contributed by atoms with E-state index in [0.717, 1.165) is 9.69 Å². The number of halogens is 3. The van der Waals surface area contributed by atoms with Crippen molar-refractivity contribution in [2.45, 2.75) is 4.90 Å². The monoisotopic (exact) mass is 576 g/mol. The number of carbonyl (C=O) groups excluding carboxylic acids is 1. The number of fused-ring (bicyclic) bond motifs is 1. The number of pyridine rings is 1. The van der Waals surface area contributed by atoms with Crippen molar-refractivity contribution in [2.24, 2.45) is 5.10 Å². The average molecular weight is 578 g/mol. The predicted molar refractivity (Wildman–Crippen MR) is 146 cm³/mol. The van der Waals surface area contributed by atoms with Crippen LogP contribution in [0.2, 0.25) is 15.2 Å². The molecular weight excluding hydrogens is 559 g/mol. The first kappa shape index (κ1) is 26.7. The van der Waals surface area contributed by atoms with E-state index in [0.29, 0.717) is 26.9 Å². The number of hydrogen-bond donors (Lipinski definition) is 1. The summed E-state index contributed by atoms with van der Waals surface area (Å²) in [7, 11) is -2.58. The summed E-state index contributed by atoms with van der Waals surface area (Å²) in [4.78, 5) is 17.0. The minimum absolute atomic E-state index is 0.0428. The van der Waals surface area contributed by atoms with Gasteiger partial charge in [0.2, 0.25) is 0 Å². The van der Waals surface area contributed by atoms with E-state index in [9.17, 15) is 13.2 Å². The van der Waals surface area contributed by atoms with Crippen LogP contribution in [0.25, 0.3) is 10.9 Å². The van der Waals surface area contributed by atoms with Crippen LogP contribution in [0.5, 0.6) is 5.75 Å². The van der Waals surface area contributed by atoms with Crippen LogP contribution in [-0.4, -0.2) is 39.2 Å². The maximum absolute atomic E-state index is 13.4. The summed E-state index contributed by atoms with van der Waals surface area (Å²) >= 11 is 18.2. The van der Waals surface area contributed by atoms with Crippen molar-refractivity contribution in [2.75, 3.05) is 18.0 Å². The summed E-state index contributed by atoms with van der Waals surface area (Å²) < 4.78 is 32.9. The molecule has 0 saturated carbocycles. The van der Waals surface area contributed by atoms with Crippen molar-refractivity contribution in [3.8, 4) is 5.75 Å². The number of rotatable bonds is 8. The molecule has 1 heterocycles. The summed E-state index contributed by atoms with van der Waals surface area (Å²) in [5.74, 6) is -0.0501. The van der Waals surface area contributed by atoms with Gasteiger partial charge in [0.25, 0.3) is 15.9 Å². The van der Waals surface area contributed by atoms with Gasteiger partial charge in [-0.1, -0.05) is 40.9 Å². The second-order valence-electron chi connectivity index (χ2n) is 7.67. The van der Waals surface area contributed by atoms with Gasteiger partial charge in [-0.05, 0) is 60.7 Å². The summed E-state index contributed by atoms with van der Waals surface area (Å²) in [6.45, 7) is -0.563. The van der Waals surface area contributed by atoms with Gasteiger partial charge in [0.05, 0.1) is 29.4 Å². The lowest BCUT2D eigenvalue weighted by molar-refractivity contribution is -0.119. The van der Waals surface area contributed by atoms with E-state index in [1.807, 2.05) is 6.07 Å². The summed E-state index contributed by atoms with van der Waals surface area (Å²) in [5, 5.41) is 5.58. The second kappa shape index (κ2) is 11.4. The van der Waals surface area contributed by atoms with Crippen LogP contribution in [0.1, 0.15) is 5.56 Å². The molecule has 0 fully saturated rings. The van der Waals surface area contributed by atoms with E-state index in [2.05, 4.69) is 15.5 Å². The van der Waals surface area contributed by atoms with Crippen LogP contribution >= 0.6 is 34.8 Å². The number of hydrogen-bond acceptors (Lipinski definition) is 6. The van der Waals surface area contributed by atoms with Gasteiger partial charge in [-0.15, -0.1) is 0 Å². The third-order valence-electron chi connectivity index (χ3n) is 5.18. The van der Waals surface area contributed by atoms with Crippen molar-refractivity contribution >= 4 is 73.5 Å². The first-order valence-corrected chi connectivity index (χ1v) is 13.2. The zero-order valence-electron chi connectivity index (χ0n) is 19.2. The van der Waals surface area contributed by atoms with Crippen LogP contribution in [0.3, 0.4) is 0 Å². The molecule has 4 rings (SSSR count). The van der Waals surface area contributed by atoms with E-state index in [1.165, 1.54) is 42.6 Å². The Kier molecular flexibility index (Phi) is 8.19. The Bertz CT molecular complexity index is 1600. The Hall–Kier alpha value is -3.37. The number of hydrazone groups is 1. The number of aromatic nitrogens is 1. The fourth-order valence-electron chi connectivity index (χ4n) is 3.38. The van der Waals surface area contributed by atoms with Crippen molar-refractivity contribution in [3.63, 3.8) is 0 Å². The molecule has 4 aromatic rings. The van der Waals surface area contributed by atoms with Crippen LogP contribution in [0, 0.1) is 0 Å². The molecule has 1 N–H and O–H groups in total. The molecule has 3 aromatic carbocycles. The highest BCUT2D eigenvalue weighted by atomic mass is 35.5. The van der Waals surface area contributed by atoms with E-state index in [4.69, 9.17) is 39.5 Å². The number of carbonyl (C=O) groups is 1. The highest BCUT2D eigenvalue weighted by Crippen LogP contribution is 2.27. The number of sulfonamides is 1. The Balaban J connectivity index is 1.56. The van der Waals surface area contributed by atoms with Gasteiger partial charge in [0, 0.05) is 27.1 Å². The normalized spacial score (nSPS) is 11.6. The minimum Gasteiger partial charge on any atom is -0.497 e. The summed E-state index contributed by atoms with van der Waals surface area (Å²) in [5.41, 5.74) is 3.64. The Morgan fingerprint density at radius 3 is 2.49 bits per heavy atom. The zero-order valence-corrected chi connectivity index (χ0v) is 22.3. The first-order chi connectivity index (χ1) is 17.7. The third kappa shape index (κ3) is 6.31. The topological polar surface area (TPSA) is 101 Å². The summed E-state index contributed by atoms with van der Waals surface area (Å²) in [6.07, 6.45) is 1.33. The molecular formula is C25H19Cl3N4O4S. The van der Waals surface area contributed by atoms with Gasteiger partial charge in [-0.3, -0.25) is 9.10 Å². The fourth-order valence-corrected chi connectivity index (χ4v) is 5.29. The van der Waals surface area contributed by atoms with E-state index >= 15 is 0 Å². The van der Waals surface area contributed by atoms with E-state index < -0.39 is 22.5 Å². The van der Waals surface area contributed by atoms with Gasteiger partial charge in [0.15, 0.2) is 0 Å². The van der Waals surface area contributed by atoms with Crippen LogP contribution in [0.4, 0.5) is 5.69 Å². The molecule has 1 amide bonds. The van der Waals surface area contributed by atoms with Crippen molar-refractivity contribution in [3.05, 3.63) is 93.6 Å². The number of nitrogens with one attached hydrogen (secondary N) is 1. The highest BCUT2D eigenvalue weighted by molar-refractivity contribution is 7.92. The molecule has 0 unspecified atom stereocenters. The standard InChI is InChI=1S/C25H19Cl3N4O4S/c1-36-21-8-5-16-11-17(25(28)30-23(16)13-21)14-29-31-24(33)15-32(20-4-2-3-19(27)12-20)37(34,35)22-9-6-18(26)7-10-22/h2-14H,15H2,1H3,(H,31,33)/b29-14-. The molecule has 0 aliphatic carbocycles. The van der Waals surface area contributed by atoms with E-state index in [-0.39, 0.29) is 15.7 Å². The molecule has 0 aliphatic rings. The van der Waals surface area contributed by atoms with Gasteiger partial charge >= 0.3 is 0 Å². The van der Waals surface area contributed by atoms with Gasteiger partial charge in [-0.2, -0.15) is 5.10 Å². The minimum atomic E-state index is -4.13. The van der Waals surface area contributed by atoms with E-state index in [1.54, 1.807) is 37.4 Å². The third-order valence-corrected chi connectivity index (χ3v) is 7.76. The van der Waals surface area contributed by atoms with Gasteiger partial charge in [0.1, 0.15) is 17.4 Å². The number of methoxy groups -OCH3 is 1. The SMILES string of the molecule is COc1ccc2cc(/C=N\NC(=O)CN(c3cccc(Cl)c3)S(=O)(=O)c3ccc(Cl)cc3)c(Cl)nc2c1. The lowest BCUT2D eigenvalue weighted by Crippen LogP contribution is -2.39. The molecule has 190 valence electrons. The lowest BCUT2D eigenvalue weighted by atomic mass is 10.1. The molecule has 0 aliphatic heterocycles. The molecule has 8 nitrogen and oxygen atoms in total. The Labute approximate surface area is 228 Å². The van der Waals surface area contributed by atoms with Gasteiger partial charge in [-0.25, -0.2) is 18.8 Å². The molecule has 0 saturated heterocycles. The molecule has 0 atom stereocenters. The zero-order chi connectivity index (χ0) is 26.6. The number of ether oxygens (including phenoxy) is 1. The quantitative estimate of drug-likeness (QED) is 0.168. The number of benzene rings is 3. The van der Waals surface area contributed by atoms with Crippen LogP contribution in [-0.2, 0) is 14.8 Å². The van der Waals surface area contributed by atoms with Crippen molar-refractivity contribution < 1.29 is 17.9 Å². The number of anilines is 1. The van der Waals surface area contributed by atoms with Crippen molar-refractivity contribution in [1.82, 2.24) is 10.4 Å². The van der Waals surface area contributed by atoms with Crippen LogP contribution in [0.15, 0.2) is 82.8 Å². The maximum atomic E-state index is 13.4. The Morgan fingerprint density at radius 1 is 1.03 bits per heavy atom. The summed E-state index contributed by atoms with van der Waals surface area (Å²) in [6, 6.07) is 18.9. The predicted octanol–water partition coefficient (Wildman–Crippen LogP) is 5.55. The van der Waals surface area contributed by atoms with Crippen LogP contribution < -0.4 is 14.5 Å². The molecule has 1 aromatic heterocycles. The largest absolute Gasteiger partial charge is 0.497 e. The lowest BCUT2D eigenvalue weighted by Gasteiger charge is -2.23. The average Bonchev–Trinajstić information content (AvgIpc) is 2.87. The van der Waals surface area contributed by atoms with Crippen molar-refractivity contribution in [1.29, 1.82) is 0 Å². The smallest absolute Gasteiger partial charge is 0.264 e. The fraction of sp³-hybridized carbons (Fsp3) is 0.0800. The molecule has 0 bridgehead atoms. The molecule has 0 spiro atoms. The number of nitrogens with zero attached hydrogens (tertiary/aromatic N) is 3. The molecule has 12 heteroatoms. The molecule has 0 radical (unpaired) electrons. The van der Waals surface area contributed by atoms with Gasteiger partial charge < -0.3 is 4.74 Å². The molecule has 37 heavy (non-hydrogen) atoms. The number of amides is 1.